The summed E-state index contributed by atoms with van der Waals surface area (Å²) in [6.45, 7) is 0. The van der Waals surface area contributed by atoms with E-state index < -0.39 is 11.1 Å². The molecule has 7 heteroatoms. The lowest BCUT2D eigenvalue weighted by molar-refractivity contribution is -0.384. The molecule has 0 aliphatic carbocycles. The predicted octanol–water partition coefficient (Wildman–Crippen LogP) is 4.72. The van der Waals surface area contributed by atoms with Crippen molar-refractivity contribution in [2.24, 2.45) is 0 Å². The fraction of sp³-hybridized carbons (Fsp3) is 0.0870. The maximum atomic E-state index is 13.3. The van der Waals surface area contributed by atoms with Crippen molar-refractivity contribution in [2.75, 3.05) is 17.3 Å². The summed E-state index contributed by atoms with van der Waals surface area (Å²) in [7, 11) is 1.57. The number of carbonyl (C=O) groups excluding carboxylic acids is 1. The standard InChI is InChI=1S/C23H19N3O4/c1-30-21-9-5-4-8-20(21)25-22(24-19-7-3-2-6-18(19)23(25)27)15-12-16-10-13-17(14-11-16)26(28)29/h2-15,22,24H,1H3/b15-12-/t22-/m1/s1. The molecule has 0 fully saturated rings. The number of benzene rings is 3. The molecule has 7 nitrogen and oxygen atoms in total. The molecule has 1 amide bonds. The van der Waals surface area contributed by atoms with Crippen molar-refractivity contribution in [1.82, 2.24) is 0 Å². The van der Waals surface area contributed by atoms with Gasteiger partial charge in [-0.25, -0.2) is 0 Å². The van der Waals surface area contributed by atoms with Crippen molar-refractivity contribution in [3.63, 3.8) is 0 Å². The highest BCUT2D eigenvalue weighted by Crippen LogP contribution is 2.35. The van der Waals surface area contributed by atoms with E-state index in [-0.39, 0.29) is 11.6 Å². The van der Waals surface area contributed by atoms with Crippen LogP contribution in [0.15, 0.2) is 78.9 Å². The lowest BCUT2D eigenvalue weighted by Crippen LogP contribution is -2.48. The Morgan fingerprint density at radius 1 is 1.03 bits per heavy atom. The van der Waals surface area contributed by atoms with Crippen LogP contribution in [0, 0.1) is 10.1 Å². The van der Waals surface area contributed by atoms with E-state index in [1.807, 2.05) is 48.6 Å². The van der Waals surface area contributed by atoms with Gasteiger partial charge in [0.05, 0.1) is 23.3 Å². The van der Waals surface area contributed by atoms with Gasteiger partial charge in [0.25, 0.3) is 11.6 Å². The molecule has 30 heavy (non-hydrogen) atoms. The molecular formula is C23H19N3O4. The van der Waals surface area contributed by atoms with E-state index in [9.17, 15) is 14.9 Å². The van der Waals surface area contributed by atoms with E-state index in [1.165, 1.54) is 12.1 Å². The Hall–Kier alpha value is -4.13. The van der Waals surface area contributed by atoms with Crippen molar-refractivity contribution in [3.8, 4) is 5.75 Å². The van der Waals surface area contributed by atoms with Crippen LogP contribution in [0.25, 0.3) is 6.08 Å². The molecule has 0 bridgehead atoms. The summed E-state index contributed by atoms with van der Waals surface area (Å²) in [5, 5.41) is 14.2. The van der Waals surface area contributed by atoms with Crippen LogP contribution < -0.4 is 15.0 Å². The van der Waals surface area contributed by atoms with Gasteiger partial charge in [0, 0.05) is 17.8 Å². The van der Waals surface area contributed by atoms with Crippen LogP contribution in [0.3, 0.4) is 0 Å². The van der Waals surface area contributed by atoms with Crippen molar-refractivity contribution < 1.29 is 14.5 Å². The van der Waals surface area contributed by atoms with E-state index in [2.05, 4.69) is 5.32 Å². The number of amides is 1. The molecule has 1 N–H and O–H groups in total. The highest BCUT2D eigenvalue weighted by Gasteiger charge is 2.33. The largest absolute Gasteiger partial charge is 0.495 e. The highest BCUT2D eigenvalue weighted by atomic mass is 16.6. The smallest absolute Gasteiger partial charge is 0.269 e. The van der Waals surface area contributed by atoms with E-state index in [4.69, 9.17) is 4.74 Å². The number of hydrogen-bond acceptors (Lipinski definition) is 5. The third-order valence-corrected chi connectivity index (χ3v) is 4.88. The SMILES string of the molecule is COc1ccccc1N1C(=O)c2ccccc2N[C@H]1/C=C\c1ccc([N+](=O)[O-])cc1. The number of nitro benzene ring substituents is 1. The molecule has 0 saturated heterocycles. The van der Waals surface area contributed by atoms with Crippen molar-refractivity contribution in [2.45, 2.75) is 6.17 Å². The lowest BCUT2D eigenvalue weighted by atomic mass is 10.1. The minimum Gasteiger partial charge on any atom is -0.495 e. The number of rotatable bonds is 5. The van der Waals surface area contributed by atoms with Gasteiger partial charge in [-0.15, -0.1) is 0 Å². The fourth-order valence-corrected chi connectivity index (χ4v) is 3.41. The van der Waals surface area contributed by atoms with E-state index in [0.717, 1.165) is 11.3 Å². The third kappa shape index (κ3) is 3.60. The number of ether oxygens (including phenoxy) is 1. The molecule has 1 aliphatic rings. The maximum absolute atomic E-state index is 13.3. The Morgan fingerprint density at radius 2 is 1.73 bits per heavy atom. The third-order valence-electron chi connectivity index (χ3n) is 4.88. The van der Waals surface area contributed by atoms with E-state index in [0.29, 0.717) is 17.0 Å². The van der Waals surface area contributed by atoms with E-state index >= 15 is 0 Å². The topological polar surface area (TPSA) is 84.7 Å². The van der Waals surface area contributed by atoms with Gasteiger partial charge < -0.3 is 10.1 Å². The first-order chi connectivity index (χ1) is 14.6. The summed E-state index contributed by atoms with van der Waals surface area (Å²) in [5.41, 5.74) is 2.78. The molecule has 0 aromatic heterocycles. The molecule has 0 radical (unpaired) electrons. The summed E-state index contributed by atoms with van der Waals surface area (Å²) in [4.78, 5) is 25.4. The zero-order valence-corrected chi connectivity index (χ0v) is 16.2. The molecule has 0 unspecified atom stereocenters. The summed E-state index contributed by atoms with van der Waals surface area (Å²) in [5.74, 6) is 0.438. The molecule has 1 atom stereocenters. The van der Waals surface area contributed by atoms with Crippen molar-refractivity contribution in [1.29, 1.82) is 0 Å². The Labute approximate surface area is 173 Å². The molecule has 3 aromatic rings. The van der Waals surface area contributed by atoms with Gasteiger partial charge in [0.2, 0.25) is 0 Å². The zero-order valence-electron chi connectivity index (χ0n) is 16.2. The average molecular weight is 401 g/mol. The predicted molar refractivity (Wildman–Crippen MR) is 116 cm³/mol. The molecule has 1 heterocycles. The normalized spacial score (nSPS) is 15.6. The van der Waals surface area contributed by atoms with Gasteiger partial charge in [0.1, 0.15) is 11.9 Å². The minimum atomic E-state index is -0.473. The fourth-order valence-electron chi connectivity index (χ4n) is 3.41. The second-order valence-corrected chi connectivity index (χ2v) is 6.69. The van der Waals surface area contributed by atoms with Crippen molar-refractivity contribution in [3.05, 3.63) is 100 Å². The number of non-ortho nitro benzene ring substituents is 1. The maximum Gasteiger partial charge on any atom is 0.269 e. The Kier molecular flexibility index (Phi) is 5.17. The first kappa shape index (κ1) is 19.2. The molecule has 0 spiro atoms. The summed E-state index contributed by atoms with van der Waals surface area (Å²) in [6, 6.07) is 20.9. The number of carbonyl (C=O) groups is 1. The number of nitrogens with one attached hydrogen (secondary N) is 1. The number of methoxy groups -OCH3 is 1. The van der Waals surface area contributed by atoms with Gasteiger partial charge in [-0.3, -0.25) is 19.8 Å². The van der Waals surface area contributed by atoms with Gasteiger partial charge in [0.15, 0.2) is 0 Å². The van der Waals surface area contributed by atoms with Crippen LogP contribution in [0.1, 0.15) is 15.9 Å². The number of nitro groups is 1. The van der Waals surface area contributed by atoms with Crippen LogP contribution >= 0.6 is 0 Å². The molecule has 4 rings (SSSR count). The molecule has 3 aromatic carbocycles. The quantitative estimate of drug-likeness (QED) is 0.494. The highest BCUT2D eigenvalue weighted by molar-refractivity contribution is 6.13. The first-order valence-corrected chi connectivity index (χ1v) is 9.33. The summed E-state index contributed by atoms with van der Waals surface area (Å²) < 4.78 is 5.47. The van der Waals surface area contributed by atoms with Crippen LogP contribution in [0.4, 0.5) is 17.1 Å². The van der Waals surface area contributed by atoms with Crippen LogP contribution in [-0.4, -0.2) is 24.1 Å². The molecular weight excluding hydrogens is 382 g/mol. The number of anilines is 2. The van der Waals surface area contributed by atoms with Gasteiger partial charge in [-0.1, -0.05) is 30.3 Å². The van der Waals surface area contributed by atoms with Crippen LogP contribution in [-0.2, 0) is 0 Å². The van der Waals surface area contributed by atoms with Gasteiger partial charge >= 0.3 is 0 Å². The molecule has 0 saturated carbocycles. The number of hydrogen-bond donors (Lipinski definition) is 1. The second-order valence-electron chi connectivity index (χ2n) is 6.69. The van der Waals surface area contributed by atoms with Crippen LogP contribution in [0.2, 0.25) is 0 Å². The van der Waals surface area contributed by atoms with E-state index in [1.54, 1.807) is 36.3 Å². The zero-order chi connectivity index (χ0) is 21.1. The van der Waals surface area contributed by atoms with Crippen LogP contribution in [0.5, 0.6) is 5.75 Å². The first-order valence-electron chi connectivity index (χ1n) is 9.33. The van der Waals surface area contributed by atoms with Crippen molar-refractivity contribution >= 4 is 29.0 Å². The molecule has 150 valence electrons. The van der Waals surface area contributed by atoms with Gasteiger partial charge in [-0.2, -0.15) is 0 Å². The minimum absolute atomic E-state index is 0.0303. The summed E-state index contributed by atoms with van der Waals surface area (Å²) >= 11 is 0. The number of nitrogens with zero attached hydrogens (tertiary/aromatic N) is 2. The Bertz CT molecular complexity index is 1130. The lowest BCUT2D eigenvalue weighted by Gasteiger charge is -2.36. The second kappa shape index (κ2) is 8.08. The number of fused-ring (bicyclic) bond motifs is 1. The molecule has 1 aliphatic heterocycles. The number of para-hydroxylation sites is 3. The Morgan fingerprint density at radius 3 is 2.47 bits per heavy atom. The monoisotopic (exact) mass is 401 g/mol. The summed E-state index contributed by atoms with van der Waals surface area (Å²) in [6.07, 6.45) is 3.20. The Balaban J connectivity index is 1.73. The van der Waals surface area contributed by atoms with Gasteiger partial charge in [-0.05, 0) is 48.0 Å². The average Bonchev–Trinajstić information content (AvgIpc) is 2.78.